The van der Waals surface area contributed by atoms with Crippen molar-refractivity contribution in [1.29, 1.82) is 0 Å². The highest BCUT2D eigenvalue weighted by Gasteiger charge is 2.18. The highest BCUT2D eigenvalue weighted by molar-refractivity contribution is 5.97. The number of carboxylic acids is 1. The average molecular weight is 223 g/mol. The highest BCUT2D eigenvalue weighted by Crippen LogP contribution is 2.21. The summed E-state index contributed by atoms with van der Waals surface area (Å²) < 4.78 is 1.69. The van der Waals surface area contributed by atoms with Crippen molar-refractivity contribution in [3.63, 3.8) is 0 Å². The Hall–Kier alpha value is -1.58. The molecule has 0 saturated carbocycles. The monoisotopic (exact) mass is 223 g/mol. The van der Waals surface area contributed by atoms with Crippen LogP contribution in [-0.4, -0.2) is 21.4 Å². The largest absolute Gasteiger partial charge is 0.477 e. The maximum Gasteiger partial charge on any atom is 0.352 e. The molecule has 0 bridgehead atoms. The fraction of sp³-hybridized carbons (Fsp3) is 0.500. The number of aromatic nitrogens is 1. The molecule has 0 atom stereocenters. The van der Waals surface area contributed by atoms with Gasteiger partial charge in [0.25, 0.3) is 0 Å². The van der Waals surface area contributed by atoms with E-state index in [1.807, 2.05) is 13.8 Å². The van der Waals surface area contributed by atoms with Gasteiger partial charge in [-0.25, -0.2) is 4.79 Å². The van der Waals surface area contributed by atoms with E-state index in [2.05, 4.69) is 0 Å². The van der Waals surface area contributed by atoms with Crippen LogP contribution >= 0.6 is 0 Å². The van der Waals surface area contributed by atoms with Crippen molar-refractivity contribution in [2.24, 2.45) is 0 Å². The molecule has 0 aliphatic rings. The molecule has 1 rings (SSSR count). The van der Waals surface area contributed by atoms with E-state index >= 15 is 0 Å². The predicted octanol–water partition coefficient (Wildman–Crippen LogP) is 2.75. The Bertz CT molecular complexity index is 402. The van der Waals surface area contributed by atoms with Crippen LogP contribution in [0, 0.1) is 0 Å². The number of Topliss-reactive ketones (excluding diaryl/α,β-unsaturated/α-hetero) is 1. The van der Waals surface area contributed by atoms with Gasteiger partial charge in [-0.3, -0.25) is 4.79 Å². The maximum atomic E-state index is 11.2. The lowest BCUT2D eigenvalue weighted by atomic mass is 10.1. The highest BCUT2D eigenvalue weighted by atomic mass is 16.4. The summed E-state index contributed by atoms with van der Waals surface area (Å²) in [5, 5.41) is 9.07. The van der Waals surface area contributed by atoms with Gasteiger partial charge in [0.2, 0.25) is 0 Å². The van der Waals surface area contributed by atoms with Gasteiger partial charge in [-0.1, -0.05) is 13.8 Å². The Balaban J connectivity index is 3.24. The Labute approximate surface area is 94.9 Å². The standard InChI is InChI=1S/C12H17NO3/c1-4-10(5-2)13-7-9(8(3)14)6-11(13)12(15)16/h6-7,10H,4-5H2,1-3H3,(H,15,16). The molecule has 1 N–H and O–H groups in total. The molecule has 4 nitrogen and oxygen atoms in total. The number of nitrogens with zero attached hydrogens (tertiary/aromatic N) is 1. The van der Waals surface area contributed by atoms with Gasteiger partial charge >= 0.3 is 5.97 Å². The number of carboxylic acid groups (broad SMARTS) is 1. The Kier molecular flexibility index (Phi) is 3.88. The van der Waals surface area contributed by atoms with E-state index in [9.17, 15) is 9.59 Å². The Morgan fingerprint density at radius 3 is 2.31 bits per heavy atom. The molecule has 1 heterocycles. The SMILES string of the molecule is CCC(CC)n1cc(C(C)=O)cc1C(=O)O. The number of hydrogen-bond donors (Lipinski definition) is 1. The molecule has 0 unspecified atom stereocenters. The summed E-state index contributed by atoms with van der Waals surface area (Å²) in [7, 11) is 0. The first-order chi connectivity index (χ1) is 7.51. The zero-order valence-electron chi connectivity index (χ0n) is 9.86. The lowest BCUT2D eigenvalue weighted by molar-refractivity contribution is 0.0682. The molecule has 0 aliphatic heterocycles. The molecule has 0 amide bonds. The van der Waals surface area contributed by atoms with Crippen LogP contribution in [0.25, 0.3) is 0 Å². The van der Waals surface area contributed by atoms with Crippen LogP contribution in [0.15, 0.2) is 12.3 Å². The summed E-state index contributed by atoms with van der Waals surface area (Å²) in [5.41, 5.74) is 0.656. The zero-order chi connectivity index (χ0) is 12.3. The van der Waals surface area contributed by atoms with Crippen molar-refractivity contribution in [2.45, 2.75) is 39.7 Å². The molecule has 88 valence electrons. The molecular weight excluding hydrogens is 206 g/mol. The summed E-state index contributed by atoms with van der Waals surface area (Å²) in [6.45, 7) is 5.46. The van der Waals surface area contributed by atoms with Crippen LogP contribution in [0.2, 0.25) is 0 Å². The topological polar surface area (TPSA) is 59.3 Å². The van der Waals surface area contributed by atoms with Crippen LogP contribution < -0.4 is 0 Å². The zero-order valence-corrected chi connectivity index (χ0v) is 9.86. The van der Waals surface area contributed by atoms with Gasteiger partial charge in [-0.15, -0.1) is 0 Å². The van der Waals surface area contributed by atoms with Crippen molar-refractivity contribution in [3.05, 3.63) is 23.5 Å². The normalized spacial score (nSPS) is 10.8. The first-order valence-electron chi connectivity index (χ1n) is 5.47. The third kappa shape index (κ3) is 2.32. The number of hydrogen-bond acceptors (Lipinski definition) is 2. The number of rotatable bonds is 5. The molecule has 4 heteroatoms. The first kappa shape index (κ1) is 12.5. The first-order valence-corrected chi connectivity index (χ1v) is 5.47. The van der Waals surface area contributed by atoms with Crippen LogP contribution in [0.4, 0.5) is 0 Å². The summed E-state index contributed by atoms with van der Waals surface area (Å²) in [4.78, 5) is 22.3. The Morgan fingerprint density at radius 1 is 1.38 bits per heavy atom. The van der Waals surface area contributed by atoms with E-state index < -0.39 is 5.97 Å². The lowest BCUT2D eigenvalue weighted by Gasteiger charge is -2.16. The van der Waals surface area contributed by atoms with E-state index in [0.717, 1.165) is 12.8 Å². The van der Waals surface area contributed by atoms with Gasteiger partial charge in [-0.2, -0.15) is 0 Å². The van der Waals surface area contributed by atoms with Crippen molar-refractivity contribution < 1.29 is 14.7 Å². The fourth-order valence-electron chi connectivity index (χ4n) is 1.83. The van der Waals surface area contributed by atoms with Gasteiger partial charge in [0, 0.05) is 17.8 Å². The molecule has 1 aromatic heterocycles. The van der Waals surface area contributed by atoms with Crippen molar-refractivity contribution in [1.82, 2.24) is 4.57 Å². The second-order valence-electron chi connectivity index (χ2n) is 3.85. The average Bonchev–Trinajstić information content (AvgIpc) is 2.64. The van der Waals surface area contributed by atoms with Gasteiger partial charge < -0.3 is 9.67 Å². The minimum Gasteiger partial charge on any atom is -0.477 e. The van der Waals surface area contributed by atoms with E-state index in [1.165, 1.54) is 13.0 Å². The molecular formula is C12H17NO3. The lowest BCUT2D eigenvalue weighted by Crippen LogP contribution is -2.13. The van der Waals surface area contributed by atoms with Crippen molar-refractivity contribution in [3.8, 4) is 0 Å². The van der Waals surface area contributed by atoms with E-state index in [4.69, 9.17) is 5.11 Å². The molecule has 1 aromatic rings. The molecule has 0 radical (unpaired) electrons. The van der Waals surface area contributed by atoms with Gasteiger partial charge in [0.05, 0.1) is 0 Å². The molecule has 0 saturated heterocycles. The number of ketones is 1. The minimum atomic E-state index is -0.987. The summed E-state index contributed by atoms with van der Waals surface area (Å²) in [5.74, 6) is -1.09. The van der Waals surface area contributed by atoms with E-state index in [-0.39, 0.29) is 17.5 Å². The quantitative estimate of drug-likeness (QED) is 0.781. The number of aromatic carboxylic acids is 1. The third-order valence-electron chi connectivity index (χ3n) is 2.81. The van der Waals surface area contributed by atoms with E-state index in [1.54, 1.807) is 10.8 Å². The molecule has 0 aliphatic carbocycles. The van der Waals surface area contributed by atoms with Crippen LogP contribution in [-0.2, 0) is 0 Å². The second kappa shape index (κ2) is 4.96. The fourth-order valence-corrected chi connectivity index (χ4v) is 1.83. The van der Waals surface area contributed by atoms with Crippen LogP contribution in [0.3, 0.4) is 0 Å². The molecule has 0 aromatic carbocycles. The third-order valence-corrected chi connectivity index (χ3v) is 2.81. The second-order valence-corrected chi connectivity index (χ2v) is 3.85. The summed E-state index contributed by atoms with van der Waals surface area (Å²) in [6, 6.07) is 1.59. The summed E-state index contributed by atoms with van der Waals surface area (Å²) in [6.07, 6.45) is 3.34. The number of carbonyl (C=O) groups is 2. The number of carbonyl (C=O) groups excluding carboxylic acids is 1. The van der Waals surface area contributed by atoms with Crippen LogP contribution in [0.5, 0.6) is 0 Å². The van der Waals surface area contributed by atoms with E-state index in [0.29, 0.717) is 5.56 Å². The predicted molar refractivity (Wildman–Crippen MR) is 61.0 cm³/mol. The molecule has 0 fully saturated rings. The Morgan fingerprint density at radius 2 is 1.94 bits per heavy atom. The maximum absolute atomic E-state index is 11.2. The summed E-state index contributed by atoms with van der Waals surface area (Å²) >= 11 is 0. The minimum absolute atomic E-state index is 0.104. The van der Waals surface area contributed by atoms with Gasteiger partial charge in [0.15, 0.2) is 5.78 Å². The van der Waals surface area contributed by atoms with Crippen LogP contribution in [0.1, 0.15) is 60.5 Å². The smallest absolute Gasteiger partial charge is 0.352 e. The van der Waals surface area contributed by atoms with Gasteiger partial charge in [0.1, 0.15) is 5.69 Å². The molecule has 0 spiro atoms. The van der Waals surface area contributed by atoms with Crippen molar-refractivity contribution in [2.75, 3.05) is 0 Å². The van der Waals surface area contributed by atoms with Crippen molar-refractivity contribution >= 4 is 11.8 Å². The van der Waals surface area contributed by atoms with Gasteiger partial charge in [-0.05, 0) is 25.8 Å². The molecule has 16 heavy (non-hydrogen) atoms.